The standard InChI is InChI=1S/C31H26F4N2O5S2/c1-42-28-17-14-25(43(38,39)36-30(34)19-23(32)12-15-26(30)21-8-4-2-5-9-21)18-29(28)44(40,41)37-31(35)20-24(33)13-16-27(31)22-10-6-3-7-11-22/h2-18,36-37H,19-20H2,1H3. The van der Waals surface area contributed by atoms with Gasteiger partial charge in [0.25, 0.3) is 0 Å². The molecule has 2 N–H and O–H groups in total. The molecule has 2 aliphatic carbocycles. The van der Waals surface area contributed by atoms with Crippen LogP contribution in [0, 0.1) is 0 Å². The highest BCUT2D eigenvalue weighted by atomic mass is 32.2. The Bertz CT molecular complexity index is 1930. The van der Waals surface area contributed by atoms with Gasteiger partial charge in [0.05, 0.1) is 24.8 Å². The molecular formula is C31H26F4N2O5S2. The van der Waals surface area contributed by atoms with Crippen LogP contribution in [0.5, 0.6) is 5.75 Å². The molecule has 0 saturated carbocycles. The third kappa shape index (κ3) is 6.27. The van der Waals surface area contributed by atoms with Crippen LogP contribution in [0.15, 0.2) is 125 Å². The number of hydrogen-bond acceptors (Lipinski definition) is 5. The minimum Gasteiger partial charge on any atom is -0.495 e. The summed E-state index contributed by atoms with van der Waals surface area (Å²) in [5.74, 6) is -8.15. The van der Waals surface area contributed by atoms with Gasteiger partial charge in [-0.3, -0.25) is 0 Å². The molecule has 13 heteroatoms. The van der Waals surface area contributed by atoms with E-state index in [1.54, 1.807) is 36.4 Å². The normalized spacial score (nSPS) is 22.4. The predicted octanol–water partition coefficient (Wildman–Crippen LogP) is 6.26. The van der Waals surface area contributed by atoms with Gasteiger partial charge < -0.3 is 4.74 Å². The Morgan fingerprint density at radius 1 is 0.659 bits per heavy atom. The molecule has 0 saturated heterocycles. The number of hydrogen-bond donors (Lipinski definition) is 2. The second-order valence-electron chi connectivity index (χ2n) is 10.1. The predicted molar refractivity (Wildman–Crippen MR) is 158 cm³/mol. The van der Waals surface area contributed by atoms with Crippen molar-refractivity contribution in [1.82, 2.24) is 9.44 Å². The Balaban J connectivity index is 1.51. The fourth-order valence-electron chi connectivity index (χ4n) is 5.03. The van der Waals surface area contributed by atoms with Gasteiger partial charge in [0.15, 0.2) is 0 Å². The van der Waals surface area contributed by atoms with E-state index in [0.29, 0.717) is 6.07 Å². The lowest BCUT2D eigenvalue weighted by Gasteiger charge is -2.31. The fourth-order valence-corrected chi connectivity index (χ4v) is 7.76. The molecule has 0 heterocycles. The van der Waals surface area contributed by atoms with Crippen molar-refractivity contribution < 1.29 is 39.1 Å². The maximum atomic E-state index is 16.4. The summed E-state index contributed by atoms with van der Waals surface area (Å²) in [6.07, 6.45) is 2.31. The Labute approximate surface area is 252 Å². The minimum absolute atomic E-state index is 0.168. The van der Waals surface area contributed by atoms with E-state index in [-0.39, 0.29) is 28.0 Å². The molecule has 0 aromatic heterocycles. The van der Waals surface area contributed by atoms with E-state index in [0.717, 1.165) is 43.5 Å². The second kappa shape index (κ2) is 11.8. The van der Waals surface area contributed by atoms with Crippen LogP contribution >= 0.6 is 0 Å². The van der Waals surface area contributed by atoms with Crippen LogP contribution < -0.4 is 14.2 Å². The van der Waals surface area contributed by atoms with Crippen molar-refractivity contribution in [3.63, 3.8) is 0 Å². The lowest BCUT2D eigenvalue weighted by atomic mass is 9.90. The molecule has 0 radical (unpaired) electrons. The molecule has 0 bridgehead atoms. The van der Waals surface area contributed by atoms with Gasteiger partial charge in [-0.15, -0.1) is 0 Å². The van der Waals surface area contributed by atoms with Crippen molar-refractivity contribution >= 4 is 31.2 Å². The van der Waals surface area contributed by atoms with Crippen LogP contribution in [0.3, 0.4) is 0 Å². The number of benzene rings is 3. The third-order valence-electron chi connectivity index (χ3n) is 7.04. The molecule has 0 spiro atoms. The van der Waals surface area contributed by atoms with E-state index in [4.69, 9.17) is 4.74 Å². The smallest absolute Gasteiger partial charge is 0.247 e. The number of rotatable bonds is 9. The maximum absolute atomic E-state index is 16.4. The molecular weight excluding hydrogens is 620 g/mol. The van der Waals surface area contributed by atoms with Crippen LogP contribution in [0.1, 0.15) is 24.0 Å². The highest BCUT2D eigenvalue weighted by Crippen LogP contribution is 2.41. The number of nitrogens with one attached hydrogen (secondary N) is 2. The molecule has 44 heavy (non-hydrogen) atoms. The first kappa shape index (κ1) is 31.4. The first-order valence-corrected chi connectivity index (χ1v) is 16.1. The van der Waals surface area contributed by atoms with E-state index in [1.165, 1.54) is 24.3 Å². The van der Waals surface area contributed by atoms with E-state index in [1.807, 2.05) is 9.44 Å². The van der Waals surface area contributed by atoms with Gasteiger partial charge in [-0.1, -0.05) is 72.8 Å². The molecule has 0 aliphatic heterocycles. The van der Waals surface area contributed by atoms with Crippen molar-refractivity contribution in [2.24, 2.45) is 0 Å². The van der Waals surface area contributed by atoms with Gasteiger partial charge in [0.1, 0.15) is 22.3 Å². The van der Waals surface area contributed by atoms with Gasteiger partial charge in [-0.2, -0.15) is 9.44 Å². The van der Waals surface area contributed by atoms with Crippen LogP contribution in [0.4, 0.5) is 17.6 Å². The summed E-state index contributed by atoms with van der Waals surface area (Å²) in [7, 11) is -8.75. The summed E-state index contributed by atoms with van der Waals surface area (Å²) in [6.45, 7) is 0. The van der Waals surface area contributed by atoms with Gasteiger partial charge in [-0.25, -0.2) is 34.4 Å². The quantitative estimate of drug-likeness (QED) is 0.211. The molecule has 2 unspecified atom stereocenters. The highest BCUT2D eigenvalue weighted by Gasteiger charge is 2.45. The first-order chi connectivity index (χ1) is 20.8. The summed E-state index contributed by atoms with van der Waals surface area (Å²) in [5.41, 5.74) is 0.212. The highest BCUT2D eigenvalue weighted by molar-refractivity contribution is 7.90. The average Bonchev–Trinajstić information content (AvgIpc) is 2.96. The van der Waals surface area contributed by atoms with Gasteiger partial charge in [0.2, 0.25) is 31.6 Å². The third-order valence-corrected chi connectivity index (χ3v) is 9.99. The molecule has 2 atom stereocenters. The zero-order valence-corrected chi connectivity index (χ0v) is 24.7. The topological polar surface area (TPSA) is 102 Å². The lowest BCUT2D eigenvalue weighted by molar-refractivity contribution is 0.210. The van der Waals surface area contributed by atoms with Gasteiger partial charge >= 0.3 is 0 Å². The van der Waals surface area contributed by atoms with E-state index < -0.39 is 65.9 Å². The molecule has 3 aromatic carbocycles. The minimum atomic E-state index is -4.97. The Morgan fingerprint density at radius 2 is 1.11 bits per heavy atom. The monoisotopic (exact) mass is 646 g/mol. The number of allylic oxidation sites excluding steroid dienone is 4. The van der Waals surface area contributed by atoms with Crippen molar-refractivity contribution in [3.8, 4) is 5.75 Å². The zero-order chi connectivity index (χ0) is 31.8. The Morgan fingerprint density at radius 3 is 1.57 bits per heavy atom. The van der Waals surface area contributed by atoms with Crippen LogP contribution in [-0.2, 0) is 20.0 Å². The number of ether oxygens (including phenoxy) is 1. The molecule has 7 nitrogen and oxygen atoms in total. The number of halogens is 4. The number of alkyl halides is 2. The average molecular weight is 647 g/mol. The lowest BCUT2D eigenvalue weighted by Crippen LogP contribution is -2.47. The van der Waals surface area contributed by atoms with Gasteiger partial charge in [0, 0.05) is 11.1 Å². The SMILES string of the molecule is COc1ccc(S(=O)(=O)NC2(F)CC(F)=CC=C2c2ccccc2)cc1S(=O)(=O)NC1(F)CC(F)=CC=C1c1ccccc1. The largest absolute Gasteiger partial charge is 0.495 e. The summed E-state index contributed by atoms with van der Waals surface area (Å²) < 4.78 is 124. The van der Waals surface area contributed by atoms with Crippen LogP contribution in [0.2, 0.25) is 0 Å². The maximum Gasteiger partial charge on any atom is 0.247 e. The molecule has 2 aliphatic rings. The summed E-state index contributed by atoms with van der Waals surface area (Å²) >= 11 is 0. The summed E-state index contributed by atoms with van der Waals surface area (Å²) in [6, 6.07) is 18.4. The Hall–Kier alpha value is -4.04. The van der Waals surface area contributed by atoms with E-state index >= 15 is 8.78 Å². The van der Waals surface area contributed by atoms with Crippen molar-refractivity contribution in [1.29, 1.82) is 0 Å². The molecule has 0 fully saturated rings. The zero-order valence-electron chi connectivity index (χ0n) is 23.1. The molecule has 0 amide bonds. The number of sulfonamides is 2. The van der Waals surface area contributed by atoms with Crippen molar-refractivity contribution in [2.45, 2.75) is 34.2 Å². The van der Waals surface area contributed by atoms with Gasteiger partial charge in [-0.05, 0) is 41.5 Å². The van der Waals surface area contributed by atoms with Crippen LogP contribution in [-0.4, -0.2) is 35.5 Å². The number of methoxy groups -OCH3 is 1. The summed E-state index contributed by atoms with van der Waals surface area (Å²) in [5, 5.41) is 0. The Kier molecular flexibility index (Phi) is 8.42. The fraction of sp³-hybridized carbons (Fsp3) is 0.161. The van der Waals surface area contributed by atoms with Crippen molar-refractivity contribution in [2.75, 3.05) is 7.11 Å². The summed E-state index contributed by atoms with van der Waals surface area (Å²) in [4.78, 5) is -1.55. The van der Waals surface area contributed by atoms with E-state index in [2.05, 4.69) is 0 Å². The molecule has 3 aromatic rings. The second-order valence-corrected chi connectivity index (χ2v) is 13.4. The molecule has 230 valence electrons. The first-order valence-electron chi connectivity index (χ1n) is 13.1. The van der Waals surface area contributed by atoms with Crippen LogP contribution in [0.25, 0.3) is 11.1 Å². The van der Waals surface area contributed by atoms with Crippen molar-refractivity contribution in [3.05, 3.63) is 126 Å². The molecule has 5 rings (SSSR count). The van der Waals surface area contributed by atoms with E-state index in [9.17, 15) is 25.6 Å².